The van der Waals surface area contributed by atoms with E-state index >= 15 is 0 Å². The molecule has 1 heterocycles. The Hall–Kier alpha value is -1.86. The molecule has 0 amide bonds. The number of nitrogens with one attached hydrogen (secondary N) is 1. The number of hydrogen-bond acceptors (Lipinski definition) is 5. The molecule has 1 aromatic carbocycles. The number of aromatic nitrogens is 2. The summed E-state index contributed by atoms with van der Waals surface area (Å²) in [5.41, 5.74) is 0.583. The zero-order valence-electron chi connectivity index (χ0n) is 16.1. The third-order valence-corrected chi connectivity index (χ3v) is 4.72. The Balaban J connectivity index is 2.39. The van der Waals surface area contributed by atoms with Crippen molar-refractivity contribution in [3.05, 3.63) is 27.3 Å². The third kappa shape index (κ3) is 4.65. The van der Waals surface area contributed by atoms with Crippen LogP contribution in [0.2, 0.25) is 0 Å². The molecule has 0 aliphatic rings. The Morgan fingerprint density at radius 3 is 2.27 bits per heavy atom. The van der Waals surface area contributed by atoms with E-state index in [1.807, 2.05) is 13.8 Å². The van der Waals surface area contributed by atoms with Crippen LogP contribution >= 0.6 is 12.2 Å². The smallest absolute Gasteiger partial charge is 0.262 e. The van der Waals surface area contributed by atoms with Crippen molar-refractivity contribution in [2.75, 3.05) is 32.8 Å². The molecular formula is C19H29N3O3S. The molecule has 7 heteroatoms. The lowest BCUT2D eigenvalue weighted by Crippen LogP contribution is -2.27. The first kappa shape index (κ1) is 20.5. The van der Waals surface area contributed by atoms with Gasteiger partial charge in [0.05, 0.1) is 24.1 Å². The summed E-state index contributed by atoms with van der Waals surface area (Å²) in [7, 11) is 0. The van der Waals surface area contributed by atoms with Gasteiger partial charge >= 0.3 is 0 Å². The molecule has 0 atom stereocenters. The van der Waals surface area contributed by atoms with Gasteiger partial charge in [0.25, 0.3) is 5.56 Å². The summed E-state index contributed by atoms with van der Waals surface area (Å²) < 4.78 is 13.3. The van der Waals surface area contributed by atoms with Crippen molar-refractivity contribution in [2.45, 2.75) is 40.7 Å². The van der Waals surface area contributed by atoms with Gasteiger partial charge in [-0.05, 0) is 58.2 Å². The summed E-state index contributed by atoms with van der Waals surface area (Å²) in [6.45, 7) is 12.7. The topological polar surface area (TPSA) is 59.5 Å². The van der Waals surface area contributed by atoms with Crippen LogP contribution in [0.15, 0.2) is 16.9 Å². The van der Waals surface area contributed by atoms with Crippen LogP contribution in [0.1, 0.15) is 34.1 Å². The molecule has 0 aliphatic heterocycles. The number of fused-ring (bicyclic) bond motifs is 1. The minimum atomic E-state index is -0.0905. The van der Waals surface area contributed by atoms with Gasteiger partial charge in [-0.15, -0.1) is 0 Å². The van der Waals surface area contributed by atoms with E-state index in [0.717, 1.165) is 26.1 Å². The maximum absolute atomic E-state index is 13.0. The fourth-order valence-corrected chi connectivity index (χ4v) is 3.28. The van der Waals surface area contributed by atoms with Crippen LogP contribution in [-0.4, -0.2) is 47.3 Å². The second kappa shape index (κ2) is 9.73. The van der Waals surface area contributed by atoms with Gasteiger partial charge in [-0.25, -0.2) is 0 Å². The molecule has 1 aromatic heterocycles. The third-order valence-electron chi connectivity index (χ3n) is 4.40. The zero-order chi connectivity index (χ0) is 19.1. The molecule has 0 bridgehead atoms. The van der Waals surface area contributed by atoms with Crippen molar-refractivity contribution in [3.8, 4) is 11.5 Å². The Kier molecular flexibility index (Phi) is 7.66. The first-order chi connectivity index (χ1) is 12.5. The average Bonchev–Trinajstić information content (AvgIpc) is 2.63. The molecule has 6 nitrogen and oxygen atoms in total. The second-order valence-electron chi connectivity index (χ2n) is 5.98. The molecule has 0 radical (unpaired) electrons. The minimum Gasteiger partial charge on any atom is -0.490 e. The lowest BCUT2D eigenvalue weighted by Gasteiger charge is -2.18. The van der Waals surface area contributed by atoms with Crippen LogP contribution in [0.4, 0.5) is 0 Å². The lowest BCUT2D eigenvalue weighted by atomic mass is 10.2. The fraction of sp³-hybridized carbons (Fsp3) is 0.579. The SMILES string of the molecule is CCOc1cc2[nH]c(=S)n(CCCN(CC)CC)c(=O)c2cc1OCC. The largest absolute Gasteiger partial charge is 0.490 e. The first-order valence-electron chi connectivity index (χ1n) is 9.34. The highest BCUT2D eigenvalue weighted by Gasteiger charge is 2.12. The Labute approximate surface area is 159 Å². The van der Waals surface area contributed by atoms with Gasteiger partial charge < -0.3 is 19.4 Å². The molecular weight excluding hydrogens is 350 g/mol. The average molecular weight is 380 g/mol. The van der Waals surface area contributed by atoms with Crippen molar-refractivity contribution in [1.29, 1.82) is 0 Å². The molecule has 0 aliphatic carbocycles. The van der Waals surface area contributed by atoms with E-state index in [0.29, 0.717) is 46.9 Å². The monoisotopic (exact) mass is 379 g/mol. The van der Waals surface area contributed by atoms with Crippen LogP contribution in [0.3, 0.4) is 0 Å². The van der Waals surface area contributed by atoms with Gasteiger partial charge in [-0.2, -0.15) is 0 Å². The van der Waals surface area contributed by atoms with Gasteiger partial charge in [0.15, 0.2) is 16.3 Å². The van der Waals surface area contributed by atoms with Crippen LogP contribution in [0.25, 0.3) is 10.9 Å². The molecule has 0 unspecified atom stereocenters. The van der Waals surface area contributed by atoms with Crippen molar-refractivity contribution in [2.24, 2.45) is 0 Å². The Bertz CT molecular complexity index is 840. The van der Waals surface area contributed by atoms with E-state index in [2.05, 4.69) is 23.7 Å². The Morgan fingerprint density at radius 1 is 1.08 bits per heavy atom. The quantitative estimate of drug-likeness (QED) is 0.639. The summed E-state index contributed by atoms with van der Waals surface area (Å²) in [5, 5.41) is 0.563. The predicted octanol–water partition coefficient (Wildman–Crippen LogP) is 3.59. The first-order valence-corrected chi connectivity index (χ1v) is 9.75. The molecule has 144 valence electrons. The van der Waals surface area contributed by atoms with E-state index < -0.39 is 0 Å². The lowest BCUT2D eigenvalue weighted by molar-refractivity contribution is 0.288. The van der Waals surface area contributed by atoms with Gasteiger partial charge in [-0.3, -0.25) is 9.36 Å². The highest BCUT2D eigenvalue weighted by Crippen LogP contribution is 2.30. The summed E-state index contributed by atoms with van der Waals surface area (Å²) in [5.74, 6) is 1.20. The Morgan fingerprint density at radius 2 is 1.69 bits per heavy atom. The van der Waals surface area contributed by atoms with Gasteiger partial charge in [-0.1, -0.05) is 13.8 Å². The normalized spacial score (nSPS) is 11.3. The fourth-order valence-electron chi connectivity index (χ4n) is 2.99. The highest BCUT2D eigenvalue weighted by molar-refractivity contribution is 7.71. The standard InChI is InChI=1S/C19H29N3O3S/c1-5-21(6-2)10-9-11-22-18(23)14-12-16(24-7-3)17(25-8-4)13-15(14)20-19(22)26/h12-13H,5-11H2,1-4H3,(H,20,26). The molecule has 1 N–H and O–H groups in total. The van der Waals surface area contributed by atoms with Crippen molar-refractivity contribution < 1.29 is 9.47 Å². The molecule has 2 rings (SSSR count). The number of rotatable bonds is 10. The van der Waals surface area contributed by atoms with Crippen LogP contribution in [0.5, 0.6) is 11.5 Å². The molecule has 0 fully saturated rings. The van der Waals surface area contributed by atoms with Gasteiger partial charge in [0.2, 0.25) is 0 Å². The van der Waals surface area contributed by atoms with E-state index in [4.69, 9.17) is 21.7 Å². The maximum atomic E-state index is 13.0. The minimum absolute atomic E-state index is 0.0905. The van der Waals surface area contributed by atoms with E-state index in [-0.39, 0.29) is 5.56 Å². The molecule has 0 saturated heterocycles. The van der Waals surface area contributed by atoms with Crippen LogP contribution in [0, 0.1) is 4.77 Å². The van der Waals surface area contributed by atoms with Crippen LogP contribution in [-0.2, 0) is 6.54 Å². The zero-order valence-corrected chi connectivity index (χ0v) is 16.9. The number of nitrogens with zero attached hydrogens (tertiary/aromatic N) is 2. The number of H-pyrrole nitrogens is 1. The van der Waals surface area contributed by atoms with Crippen molar-refractivity contribution >= 4 is 23.1 Å². The molecule has 26 heavy (non-hydrogen) atoms. The van der Waals surface area contributed by atoms with Gasteiger partial charge in [0.1, 0.15) is 0 Å². The van der Waals surface area contributed by atoms with Crippen molar-refractivity contribution in [1.82, 2.24) is 14.5 Å². The van der Waals surface area contributed by atoms with E-state index in [9.17, 15) is 4.79 Å². The van der Waals surface area contributed by atoms with Crippen LogP contribution < -0.4 is 15.0 Å². The number of aromatic amines is 1. The number of benzene rings is 1. The maximum Gasteiger partial charge on any atom is 0.262 e. The predicted molar refractivity (Wildman–Crippen MR) is 108 cm³/mol. The number of hydrogen-bond donors (Lipinski definition) is 1. The highest BCUT2D eigenvalue weighted by atomic mass is 32.1. The summed E-state index contributed by atoms with van der Waals surface area (Å²) in [4.78, 5) is 18.5. The molecule has 0 spiro atoms. The van der Waals surface area contributed by atoms with E-state index in [1.54, 1.807) is 16.7 Å². The molecule has 0 saturated carbocycles. The summed E-state index contributed by atoms with van der Waals surface area (Å²) in [6, 6.07) is 3.54. The molecule has 2 aromatic rings. The summed E-state index contributed by atoms with van der Waals surface area (Å²) in [6.07, 6.45) is 0.875. The van der Waals surface area contributed by atoms with E-state index in [1.165, 1.54) is 0 Å². The van der Waals surface area contributed by atoms with Crippen molar-refractivity contribution in [3.63, 3.8) is 0 Å². The second-order valence-corrected chi connectivity index (χ2v) is 6.36. The summed E-state index contributed by atoms with van der Waals surface area (Å²) >= 11 is 5.42. The van der Waals surface area contributed by atoms with Gasteiger partial charge in [0, 0.05) is 12.6 Å². The number of ether oxygens (including phenoxy) is 2.